The molecule has 11 heteroatoms. The topological polar surface area (TPSA) is 116 Å². The van der Waals surface area contributed by atoms with Crippen molar-refractivity contribution in [3.8, 4) is 11.6 Å². The van der Waals surface area contributed by atoms with Crippen LogP contribution in [0.5, 0.6) is 11.6 Å². The Morgan fingerprint density at radius 1 is 1.16 bits per heavy atom. The van der Waals surface area contributed by atoms with E-state index in [0.717, 1.165) is 12.8 Å². The molecule has 2 aromatic rings. The number of esters is 1. The Morgan fingerprint density at radius 2 is 1.81 bits per heavy atom. The molecule has 0 unspecified atom stereocenters. The third kappa shape index (κ3) is 6.68. The number of rotatable bonds is 5. The Hall–Kier alpha value is -3.14. The van der Waals surface area contributed by atoms with Crippen molar-refractivity contribution in [3.63, 3.8) is 0 Å². The largest absolute Gasteiger partial charge is 0.465 e. The lowest BCUT2D eigenvalue weighted by atomic mass is 10.1. The molecule has 0 aliphatic carbocycles. The predicted molar refractivity (Wildman–Crippen MR) is 117 cm³/mol. The third-order valence-corrected chi connectivity index (χ3v) is 4.72. The van der Waals surface area contributed by atoms with Crippen LogP contribution in [0.3, 0.4) is 0 Å². The van der Waals surface area contributed by atoms with Crippen LogP contribution in [0, 0.1) is 0 Å². The Bertz CT molecular complexity index is 956. The first kappa shape index (κ1) is 23.5. The number of carbonyl (C=O) groups is 2. The van der Waals surface area contributed by atoms with Gasteiger partial charge in [0.25, 0.3) is 0 Å². The SMILES string of the molecule is COC(=O)c1cc(Cl)nc(Oc2cnc(N3CCC(NC(=O)OC(C)(C)C)CC3)nc2)c1. The zero-order valence-electron chi connectivity index (χ0n) is 18.4. The van der Waals surface area contributed by atoms with Crippen molar-refractivity contribution in [3.05, 3.63) is 35.2 Å². The summed E-state index contributed by atoms with van der Waals surface area (Å²) in [5, 5.41) is 3.01. The van der Waals surface area contributed by atoms with Crippen LogP contribution < -0.4 is 15.0 Å². The van der Waals surface area contributed by atoms with E-state index in [4.69, 9.17) is 21.1 Å². The maximum atomic E-state index is 11.9. The van der Waals surface area contributed by atoms with Crippen molar-refractivity contribution in [2.45, 2.75) is 45.3 Å². The number of carbonyl (C=O) groups excluding carboxylic acids is 2. The van der Waals surface area contributed by atoms with Gasteiger partial charge >= 0.3 is 12.1 Å². The molecule has 0 saturated carbocycles. The number of piperidine rings is 1. The molecule has 1 amide bonds. The molecule has 1 aliphatic rings. The number of ether oxygens (including phenoxy) is 3. The number of hydrogen-bond acceptors (Lipinski definition) is 9. The van der Waals surface area contributed by atoms with Crippen LogP contribution in [0.25, 0.3) is 0 Å². The minimum Gasteiger partial charge on any atom is -0.465 e. The summed E-state index contributed by atoms with van der Waals surface area (Å²) in [5.74, 6) is 0.488. The fraction of sp³-hybridized carbons (Fsp3) is 0.476. The lowest BCUT2D eigenvalue weighted by Gasteiger charge is -2.32. The van der Waals surface area contributed by atoms with Gasteiger partial charge in [-0.25, -0.2) is 24.5 Å². The molecule has 0 spiro atoms. The number of hydrogen-bond donors (Lipinski definition) is 1. The highest BCUT2D eigenvalue weighted by Crippen LogP contribution is 2.24. The Kier molecular flexibility index (Phi) is 7.34. The highest BCUT2D eigenvalue weighted by Gasteiger charge is 2.24. The highest BCUT2D eigenvalue weighted by atomic mass is 35.5. The number of anilines is 1. The van der Waals surface area contributed by atoms with Gasteiger partial charge < -0.3 is 24.4 Å². The first-order valence-electron chi connectivity index (χ1n) is 10.1. The van der Waals surface area contributed by atoms with E-state index >= 15 is 0 Å². The summed E-state index contributed by atoms with van der Waals surface area (Å²) in [6.07, 6.45) is 4.15. The zero-order valence-corrected chi connectivity index (χ0v) is 19.2. The molecular formula is C21H26ClN5O5. The molecule has 1 saturated heterocycles. The highest BCUT2D eigenvalue weighted by molar-refractivity contribution is 6.29. The molecule has 1 fully saturated rings. The molecule has 2 aromatic heterocycles. The number of alkyl carbamates (subject to hydrolysis) is 1. The van der Waals surface area contributed by atoms with Crippen LogP contribution in [0.4, 0.5) is 10.7 Å². The first-order chi connectivity index (χ1) is 15.1. The number of methoxy groups -OCH3 is 1. The van der Waals surface area contributed by atoms with E-state index in [1.54, 1.807) is 0 Å². The van der Waals surface area contributed by atoms with Crippen molar-refractivity contribution in [2.24, 2.45) is 0 Å². The summed E-state index contributed by atoms with van der Waals surface area (Å²) < 4.78 is 15.6. The van der Waals surface area contributed by atoms with Gasteiger partial charge in [0.05, 0.1) is 25.1 Å². The second kappa shape index (κ2) is 9.99. The standard InChI is InChI=1S/C21H26ClN5O5/c1-21(2,3)32-20(29)25-14-5-7-27(8-6-14)19-23-11-15(12-24-19)31-17-10-13(18(28)30-4)9-16(22)26-17/h9-12,14H,5-8H2,1-4H3,(H,25,29). The second-order valence-electron chi connectivity index (χ2n) is 8.24. The van der Waals surface area contributed by atoms with E-state index in [-0.39, 0.29) is 22.6 Å². The van der Waals surface area contributed by atoms with Crippen molar-refractivity contribution < 1.29 is 23.8 Å². The van der Waals surface area contributed by atoms with Gasteiger partial charge in [0.15, 0.2) is 5.75 Å². The van der Waals surface area contributed by atoms with Crippen molar-refractivity contribution in [1.82, 2.24) is 20.3 Å². The van der Waals surface area contributed by atoms with Gasteiger partial charge in [-0.15, -0.1) is 0 Å². The van der Waals surface area contributed by atoms with E-state index in [2.05, 4.69) is 25.0 Å². The molecule has 0 atom stereocenters. The molecule has 0 radical (unpaired) electrons. The molecule has 3 heterocycles. The molecule has 172 valence electrons. The smallest absolute Gasteiger partial charge is 0.407 e. The van der Waals surface area contributed by atoms with Gasteiger partial charge in [0.2, 0.25) is 11.8 Å². The Balaban J connectivity index is 1.55. The van der Waals surface area contributed by atoms with E-state index < -0.39 is 17.7 Å². The number of nitrogens with one attached hydrogen (secondary N) is 1. The van der Waals surface area contributed by atoms with Crippen molar-refractivity contribution >= 4 is 29.6 Å². The second-order valence-corrected chi connectivity index (χ2v) is 8.62. The van der Waals surface area contributed by atoms with Crippen LogP contribution in [0.1, 0.15) is 44.0 Å². The van der Waals surface area contributed by atoms with Crippen LogP contribution >= 0.6 is 11.6 Å². The number of halogens is 1. The molecule has 0 bridgehead atoms. The summed E-state index contributed by atoms with van der Waals surface area (Å²) in [7, 11) is 1.28. The number of pyridine rings is 1. The average molecular weight is 464 g/mol. The fourth-order valence-corrected chi connectivity index (χ4v) is 3.31. The minimum atomic E-state index is -0.546. The van der Waals surface area contributed by atoms with E-state index in [9.17, 15) is 9.59 Å². The monoisotopic (exact) mass is 463 g/mol. The first-order valence-corrected chi connectivity index (χ1v) is 10.5. The van der Waals surface area contributed by atoms with Crippen molar-refractivity contribution in [2.75, 3.05) is 25.1 Å². The van der Waals surface area contributed by atoms with Gasteiger partial charge in [0.1, 0.15) is 10.8 Å². The molecule has 32 heavy (non-hydrogen) atoms. The molecule has 10 nitrogen and oxygen atoms in total. The molecular weight excluding hydrogens is 438 g/mol. The fourth-order valence-electron chi connectivity index (χ4n) is 3.10. The van der Waals surface area contributed by atoms with Gasteiger partial charge in [-0.2, -0.15) is 0 Å². The zero-order chi connectivity index (χ0) is 23.3. The average Bonchev–Trinajstić information content (AvgIpc) is 2.72. The Labute approximate surface area is 191 Å². The molecule has 1 aliphatic heterocycles. The normalized spacial score (nSPS) is 14.6. The minimum absolute atomic E-state index is 0.0432. The van der Waals surface area contributed by atoms with Gasteiger partial charge in [-0.05, 0) is 39.7 Å². The van der Waals surface area contributed by atoms with E-state index in [1.165, 1.54) is 31.6 Å². The molecule has 3 rings (SSSR count). The van der Waals surface area contributed by atoms with Crippen molar-refractivity contribution in [1.29, 1.82) is 0 Å². The van der Waals surface area contributed by atoms with E-state index in [0.29, 0.717) is 24.8 Å². The maximum absolute atomic E-state index is 11.9. The lowest BCUT2D eigenvalue weighted by Crippen LogP contribution is -2.46. The van der Waals surface area contributed by atoms with Gasteiger partial charge in [-0.3, -0.25) is 0 Å². The number of aromatic nitrogens is 3. The molecule has 0 aromatic carbocycles. The Morgan fingerprint density at radius 3 is 2.41 bits per heavy atom. The van der Waals surface area contributed by atoms with Gasteiger partial charge in [0, 0.05) is 25.2 Å². The van der Waals surface area contributed by atoms with Crippen LogP contribution in [0.15, 0.2) is 24.5 Å². The van der Waals surface area contributed by atoms with Crippen LogP contribution in [0.2, 0.25) is 5.15 Å². The maximum Gasteiger partial charge on any atom is 0.407 e. The summed E-state index contributed by atoms with van der Waals surface area (Å²) in [4.78, 5) is 38.4. The number of amides is 1. The summed E-state index contributed by atoms with van der Waals surface area (Å²) in [6.45, 7) is 6.89. The van der Waals surface area contributed by atoms with Gasteiger partial charge in [-0.1, -0.05) is 11.6 Å². The molecule has 1 N–H and O–H groups in total. The third-order valence-electron chi connectivity index (χ3n) is 4.53. The summed E-state index contributed by atoms with van der Waals surface area (Å²) >= 11 is 5.95. The lowest BCUT2D eigenvalue weighted by molar-refractivity contribution is 0.0496. The number of nitrogens with zero attached hydrogens (tertiary/aromatic N) is 4. The van der Waals surface area contributed by atoms with Crippen LogP contribution in [-0.4, -0.2) is 58.9 Å². The quantitative estimate of drug-likeness (QED) is 0.524. The summed E-state index contributed by atoms with van der Waals surface area (Å²) in [5.41, 5.74) is -0.299. The summed E-state index contributed by atoms with van der Waals surface area (Å²) in [6, 6.07) is 2.86. The van der Waals surface area contributed by atoms with Crippen LogP contribution in [-0.2, 0) is 9.47 Å². The van der Waals surface area contributed by atoms with E-state index in [1.807, 2.05) is 25.7 Å². The predicted octanol–water partition coefficient (Wildman–Crippen LogP) is 3.60.